The highest BCUT2D eigenvalue weighted by atomic mass is 35.7. The zero-order chi connectivity index (χ0) is 22.4. The van der Waals surface area contributed by atoms with Crippen LogP contribution in [0.1, 0.15) is 20.8 Å². The molecule has 162 valence electrons. The maximum atomic E-state index is 12.7. The van der Waals surface area contributed by atoms with Gasteiger partial charge in [-0.25, -0.2) is 13.2 Å². The Kier molecular flexibility index (Phi) is 6.08. The molecule has 0 amide bonds. The van der Waals surface area contributed by atoms with Crippen molar-refractivity contribution in [1.82, 2.24) is 14.1 Å². The Bertz CT molecular complexity index is 1350. The highest BCUT2D eigenvalue weighted by molar-refractivity contribution is 8.13. The molecule has 0 aliphatic heterocycles. The molecule has 11 heteroatoms. The van der Waals surface area contributed by atoms with Gasteiger partial charge in [0.05, 0.1) is 27.7 Å². The summed E-state index contributed by atoms with van der Waals surface area (Å²) < 4.78 is 31.7. The Labute approximate surface area is 182 Å². The lowest BCUT2D eigenvalue weighted by Crippen LogP contribution is -2.38. The van der Waals surface area contributed by atoms with Crippen LogP contribution in [0.2, 0.25) is 5.02 Å². The second kappa shape index (κ2) is 8.13. The molecular weight excluding hydrogens is 453 g/mol. The van der Waals surface area contributed by atoms with Crippen molar-refractivity contribution < 1.29 is 13.2 Å². The number of ether oxygens (including phenoxy) is 1. The Morgan fingerprint density at radius 3 is 2.47 bits per heavy atom. The fourth-order valence-electron chi connectivity index (χ4n) is 3.26. The van der Waals surface area contributed by atoms with Crippen LogP contribution in [0.3, 0.4) is 0 Å². The number of aromatic nitrogens is 3. The lowest BCUT2D eigenvalue weighted by molar-refractivity contribution is 0.341. The van der Waals surface area contributed by atoms with Crippen molar-refractivity contribution in [3.8, 4) is 17.0 Å². The Morgan fingerprint density at radius 2 is 1.90 bits per heavy atom. The summed E-state index contributed by atoms with van der Waals surface area (Å²) in [7, 11) is 2.88. The highest BCUT2D eigenvalue weighted by Crippen LogP contribution is 2.39. The topological polar surface area (TPSA) is 103 Å². The van der Waals surface area contributed by atoms with Crippen molar-refractivity contribution >= 4 is 42.4 Å². The van der Waals surface area contributed by atoms with Crippen LogP contribution in [0.4, 0.5) is 0 Å². The van der Waals surface area contributed by atoms with Gasteiger partial charge in [-0.05, 0) is 31.0 Å². The Morgan fingerprint density at radius 1 is 1.23 bits per heavy atom. The number of nitrogens with zero attached hydrogens (tertiary/aromatic N) is 2. The molecule has 0 atom stereocenters. The summed E-state index contributed by atoms with van der Waals surface area (Å²) in [4.78, 5) is 28.3. The maximum Gasteiger partial charge on any atom is 0.331 e. The summed E-state index contributed by atoms with van der Waals surface area (Å²) in [6, 6.07) is 4.11. The van der Waals surface area contributed by atoms with E-state index in [1.54, 1.807) is 6.92 Å². The molecule has 8 nitrogen and oxygen atoms in total. The van der Waals surface area contributed by atoms with Crippen LogP contribution in [0, 0.1) is 5.92 Å². The summed E-state index contributed by atoms with van der Waals surface area (Å²) in [5.74, 6) is 0.464. The number of rotatable bonds is 6. The van der Waals surface area contributed by atoms with Crippen molar-refractivity contribution in [3.05, 3.63) is 44.1 Å². The Balaban J connectivity index is 2.44. The van der Waals surface area contributed by atoms with Gasteiger partial charge in [0.25, 0.3) is 14.6 Å². The predicted octanol–water partition coefficient (Wildman–Crippen LogP) is 3.33. The number of H-pyrrole nitrogens is 1. The van der Waals surface area contributed by atoms with E-state index >= 15 is 0 Å². The van der Waals surface area contributed by atoms with Crippen molar-refractivity contribution in [3.63, 3.8) is 0 Å². The molecule has 0 saturated carbocycles. The molecule has 0 saturated heterocycles. The minimum Gasteiger partial charge on any atom is -0.493 e. The number of halogens is 2. The molecule has 0 unspecified atom stereocenters. The van der Waals surface area contributed by atoms with E-state index in [-0.39, 0.29) is 32.6 Å². The van der Waals surface area contributed by atoms with Gasteiger partial charge in [0.2, 0.25) is 0 Å². The SMILES string of the molecule is CCOc1ccc(S(=O)(=O)Cl)cc1-c1[nH]c2c(=O)n(C)c(=O)n(CC(C)C)c2c1Cl. The van der Waals surface area contributed by atoms with E-state index in [9.17, 15) is 18.0 Å². The average Bonchev–Trinajstić information content (AvgIpc) is 3.00. The molecule has 30 heavy (non-hydrogen) atoms. The number of benzene rings is 1. The third-order valence-corrected chi connectivity index (χ3v) is 6.29. The smallest absolute Gasteiger partial charge is 0.331 e. The van der Waals surface area contributed by atoms with E-state index in [0.717, 1.165) is 4.57 Å². The first-order chi connectivity index (χ1) is 14.0. The fourth-order valence-corrected chi connectivity index (χ4v) is 4.39. The number of hydrogen-bond acceptors (Lipinski definition) is 5. The fraction of sp³-hybridized carbons (Fsp3) is 0.368. The highest BCUT2D eigenvalue weighted by Gasteiger charge is 2.24. The maximum absolute atomic E-state index is 12.7. The minimum absolute atomic E-state index is 0.113. The third-order valence-electron chi connectivity index (χ3n) is 4.57. The van der Waals surface area contributed by atoms with Crippen LogP contribution in [0.5, 0.6) is 5.75 Å². The summed E-state index contributed by atoms with van der Waals surface area (Å²) in [6.45, 7) is 6.31. The predicted molar refractivity (Wildman–Crippen MR) is 117 cm³/mol. The first-order valence-corrected chi connectivity index (χ1v) is 11.9. The summed E-state index contributed by atoms with van der Waals surface area (Å²) in [5, 5.41) is 0.116. The largest absolute Gasteiger partial charge is 0.493 e. The van der Waals surface area contributed by atoms with Gasteiger partial charge in [0.1, 0.15) is 11.3 Å². The van der Waals surface area contributed by atoms with Gasteiger partial charge in [-0.15, -0.1) is 0 Å². The van der Waals surface area contributed by atoms with Crippen LogP contribution in [-0.4, -0.2) is 29.1 Å². The molecule has 2 heterocycles. The number of nitrogens with one attached hydrogen (secondary N) is 1. The molecule has 0 spiro atoms. The number of aromatic amines is 1. The second-order valence-corrected chi connectivity index (χ2v) is 10.2. The second-order valence-electron chi connectivity index (χ2n) is 7.22. The summed E-state index contributed by atoms with van der Waals surface area (Å²) in [6.07, 6.45) is 0. The first-order valence-electron chi connectivity index (χ1n) is 9.20. The van der Waals surface area contributed by atoms with E-state index in [4.69, 9.17) is 27.0 Å². The van der Waals surface area contributed by atoms with Crippen molar-refractivity contribution in [2.24, 2.45) is 13.0 Å². The molecule has 0 aliphatic rings. The monoisotopic (exact) mass is 473 g/mol. The molecule has 0 bridgehead atoms. The molecule has 0 aliphatic carbocycles. The molecule has 2 aromatic heterocycles. The van der Waals surface area contributed by atoms with Crippen LogP contribution in [0.15, 0.2) is 32.7 Å². The third kappa shape index (κ3) is 3.89. The zero-order valence-corrected chi connectivity index (χ0v) is 19.2. The zero-order valence-electron chi connectivity index (χ0n) is 16.8. The van der Waals surface area contributed by atoms with Crippen LogP contribution in [-0.2, 0) is 22.6 Å². The van der Waals surface area contributed by atoms with E-state index in [0.29, 0.717) is 24.5 Å². The van der Waals surface area contributed by atoms with Crippen molar-refractivity contribution in [2.45, 2.75) is 32.2 Å². The molecule has 0 fully saturated rings. The molecule has 3 rings (SSSR count). The lowest BCUT2D eigenvalue weighted by atomic mass is 10.1. The van der Waals surface area contributed by atoms with Gasteiger partial charge in [-0.1, -0.05) is 25.4 Å². The Hall–Kier alpha value is -2.23. The summed E-state index contributed by atoms with van der Waals surface area (Å²) >= 11 is 6.64. The van der Waals surface area contributed by atoms with Gasteiger partial charge in [0.15, 0.2) is 0 Å². The standard InChI is InChI=1S/C19H21Cl2N3O5S/c1-5-29-13-7-6-11(30(21,27)28)8-12(13)15-14(20)17-16(22-15)18(25)23(4)19(26)24(17)9-10(2)3/h6-8,10,22H,5,9H2,1-4H3. The minimum atomic E-state index is -4.01. The van der Waals surface area contributed by atoms with Gasteiger partial charge < -0.3 is 9.72 Å². The van der Waals surface area contributed by atoms with Crippen molar-refractivity contribution in [1.29, 1.82) is 0 Å². The molecular formula is C19H21Cl2N3O5S. The molecule has 1 aromatic carbocycles. The average molecular weight is 474 g/mol. The van der Waals surface area contributed by atoms with Crippen LogP contribution < -0.4 is 16.0 Å². The van der Waals surface area contributed by atoms with E-state index in [1.165, 1.54) is 29.8 Å². The molecule has 0 radical (unpaired) electrons. The quantitative estimate of drug-likeness (QED) is 0.552. The molecule has 3 aromatic rings. The summed E-state index contributed by atoms with van der Waals surface area (Å²) in [5.41, 5.74) is -0.0600. The van der Waals surface area contributed by atoms with E-state index < -0.39 is 20.3 Å². The van der Waals surface area contributed by atoms with Crippen LogP contribution in [0.25, 0.3) is 22.3 Å². The normalized spacial score (nSPS) is 12.1. The van der Waals surface area contributed by atoms with E-state index in [2.05, 4.69) is 4.98 Å². The number of hydrogen-bond donors (Lipinski definition) is 1. The van der Waals surface area contributed by atoms with Gasteiger partial charge in [-0.3, -0.25) is 13.9 Å². The van der Waals surface area contributed by atoms with Crippen LogP contribution >= 0.6 is 22.3 Å². The molecule has 1 N–H and O–H groups in total. The first kappa shape index (κ1) is 22.5. The van der Waals surface area contributed by atoms with Gasteiger partial charge in [-0.2, -0.15) is 0 Å². The van der Waals surface area contributed by atoms with Gasteiger partial charge in [0, 0.05) is 29.8 Å². The number of fused-ring (bicyclic) bond motifs is 1. The van der Waals surface area contributed by atoms with Crippen molar-refractivity contribution in [2.75, 3.05) is 6.61 Å². The van der Waals surface area contributed by atoms with E-state index in [1.807, 2.05) is 13.8 Å². The van der Waals surface area contributed by atoms with Gasteiger partial charge >= 0.3 is 5.69 Å². The lowest BCUT2D eigenvalue weighted by Gasteiger charge is -2.12.